The lowest BCUT2D eigenvalue weighted by atomic mass is 10.1. The Balaban J connectivity index is 2.00. The minimum atomic E-state index is -0.996. The molecule has 0 saturated carbocycles. The summed E-state index contributed by atoms with van der Waals surface area (Å²) in [5.41, 5.74) is 3.24. The highest BCUT2D eigenvalue weighted by Crippen LogP contribution is 2.18. The SMILES string of the molecule is Cc1cccc(NC(=O)Nc2cnn(CC(=O)O)c2)c1C. The van der Waals surface area contributed by atoms with Gasteiger partial charge in [0, 0.05) is 11.9 Å². The molecular weight excluding hydrogens is 272 g/mol. The number of hydrogen-bond acceptors (Lipinski definition) is 3. The average molecular weight is 288 g/mol. The molecule has 0 atom stereocenters. The minimum Gasteiger partial charge on any atom is -0.480 e. The first-order valence-corrected chi connectivity index (χ1v) is 6.34. The van der Waals surface area contributed by atoms with Crippen molar-refractivity contribution in [1.29, 1.82) is 0 Å². The smallest absolute Gasteiger partial charge is 0.325 e. The van der Waals surface area contributed by atoms with Crippen LogP contribution in [0.5, 0.6) is 0 Å². The number of benzene rings is 1. The lowest BCUT2D eigenvalue weighted by molar-refractivity contribution is -0.137. The van der Waals surface area contributed by atoms with Crippen LogP contribution in [0.15, 0.2) is 30.6 Å². The van der Waals surface area contributed by atoms with Gasteiger partial charge in [0.05, 0.1) is 11.9 Å². The van der Waals surface area contributed by atoms with Gasteiger partial charge < -0.3 is 15.7 Å². The second kappa shape index (κ2) is 6.08. The van der Waals surface area contributed by atoms with Crippen LogP contribution in [-0.2, 0) is 11.3 Å². The van der Waals surface area contributed by atoms with E-state index in [-0.39, 0.29) is 6.54 Å². The van der Waals surface area contributed by atoms with Crippen molar-refractivity contribution in [2.24, 2.45) is 0 Å². The number of nitrogens with one attached hydrogen (secondary N) is 2. The van der Waals surface area contributed by atoms with Crippen LogP contribution < -0.4 is 10.6 Å². The van der Waals surface area contributed by atoms with Gasteiger partial charge in [-0.15, -0.1) is 0 Å². The molecule has 0 aliphatic rings. The van der Waals surface area contributed by atoms with Crippen molar-refractivity contribution in [2.75, 3.05) is 10.6 Å². The fourth-order valence-electron chi connectivity index (χ4n) is 1.82. The number of amides is 2. The van der Waals surface area contributed by atoms with E-state index in [1.54, 1.807) is 0 Å². The van der Waals surface area contributed by atoms with Crippen LogP contribution in [-0.4, -0.2) is 26.9 Å². The summed E-state index contributed by atoms with van der Waals surface area (Å²) in [6.45, 7) is 3.64. The Morgan fingerprint density at radius 2 is 2.05 bits per heavy atom. The summed E-state index contributed by atoms with van der Waals surface area (Å²) >= 11 is 0. The van der Waals surface area contributed by atoms with Crippen molar-refractivity contribution in [3.05, 3.63) is 41.7 Å². The summed E-state index contributed by atoms with van der Waals surface area (Å²) in [5.74, 6) is -0.996. The molecule has 0 aliphatic heterocycles. The van der Waals surface area contributed by atoms with Crippen LogP contribution >= 0.6 is 0 Å². The number of rotatable bonds is 4. The second-order valence-electron chi connectivity index (χ2n) is 4.65. The van der Waals surface area contributed by atoms with Gasteiger partial charge in [-0.3, -0.25) is 9.48 Å². The molecule has 0 spiro atoms. The summed E-state index contributed by atoms with van der Waals surface area (Å²) in [4.78, 5) is 22.5. The number of carbonyl (C=O) groups excluding carboxylic acids is 1. The molecule has 0 fully saturated rings. The fourth-order valence-corrected chi connectivity index (χ4v) is 1.82. The number of anilines is 2. The molecule has 0 aliphatic carbocycles. The molecular formula is C14H16N4O3. The van der Waals surface area contributed by atoms with E-state index < -0.39 is 12.0 Å². The molecule has 2 amide bonds. The van der Waals surface area contributed by atoms with E-state index in [1.165, 1.54) is 17.1 Å². The van der Waals surface area contributed by atoms with Gasteiger partial charge in [0.25, 0.3) is 0 Å². The molecule has 0 bridgehead atoms. The lowest BCUT2D eigenvalue weighted by Crippen LogP contribution is -2.19. The van der Waals surface area contributed by atoms with Crippen molar-refractivity contribution in [2.45, 2.75) is 20.4 Å². The maximum absolute atomic E-state index is 11.9. The Morgan fingerprint density at radius 1 is 1.29 bits per heavy atom. The third kappa shape index (κ3) is 3.82. The van der Waals surface area contributed by atoms with Gasteiger partial charge in [0.1, 0.15) is 6.54 Å². The first-order valence-electron chi connectivity index (χ1n) is 6.34. The summed E-state index contributed by atoms with van der Waals surface area (Å²) in [5, 5.41) is 17.8. The van der Waals surface area contributed by atoms with Crippen LogP contribution in [0.1, 0.15) is 11.1 Å². The number of carbonyl (C=O) groups is 2. The highest BCUT2D eigenvalue weighted by molar-refractivity contribution is 6.00. The highest BCUT2D eigenvalue weighted by Gasteiger charge is 2.08. The number of carboxylic acid groups (broad SMARTS) is 1. The average Bonchev–Trinajstić information content (AvgIpc) is 2.81. The van der Waals surface area contributed by atoms with Crippen LogP contribution in [0.2, 0.25) is 0 Å². The van der Waals surface area contributed by atoms with E-state index in [4.69, 9.17) is 5.11 Å². The number of nitrogens with zero attached hydrogens (tertiary/aromatic N) is 2. The molecule has 3 N–H and O–H groups in total. The molecule has 1 heterocycles. The Bertz CT molecular complexity index is 679. The van der Waals surface area contributed by atoms with Crippen molar-refractivity contribution < 1.29 is 14.7 Å². The third-order valence-electron chi connectivity index (χ3n) is 3.04. The predicted octanol–water partition coefficient (Wildman–Crippen LogP) is 2.23. The van der Waals surface area contributed by atoms with Gasteiger partial charge in [-0.1, -0.05) is 12.1 Å². The molecule has 0 saturated heterocycles. The number of aromatic nitrogens is 2. The first-order chi connectivity index (χ1) is 9.95. The molecule has 110 valence electrons. The third-order valence-corrected chi connectivity index (χ3v) is 3.04. The summed E-state index contributed by atoms with van der Waals surface area (Å²) in [6.07, 6.45) is 2.85. The van der Waals surface area contributed by atoms with E-state index in [0.29, 0.717) is 5.69 Å². The molecule has 0 radical (unpaired) electrons. The number of hydrogen-bond donors (Lipinski definition) is 3. The van der Waals surface area contributed by atoms with Crippen molar-refractivity contribution in [3.8, 4) is 0 Å². The van der Waals surface area contributed by atoms with Gasteiger partial charge in [-0.25, -0.2) is 4.79 Å². The number of carboxylic acids is 1. The zero-order chi connectivity index (χ0) is 15.4. The maximum atomic E-state index is 11.9. The Hall–Kier alpha value is -2.83. The molecule has 7 heteroatoms. The summed E-state index contributed by atoms with van der Waals surface area (Å²) in [6, 6.07) is 5.24. The van der Waals surface area contributed by atoms with Crippen LogP contribution in [0.3, 0.4) is 0 Å². The van der Waals surface area contributed by atoms with Crippen LogP contribution in [0.4, 0.5) is 16.2 Å². The van der Waals surface area contributed by atoms with Crippen molar-refractivity contribution >= 4 is 23.4 Å². The van der Waals surface area contributed by atoms with E-state index in [2.05, 4.69) is 15.7 Å². The molecule has 2 aromatic rings. The molecule has 21 heavy (non-hydrogen) atoms. The standard InChI is InChI=1S/C14H16N4O3/c1-9-4-3-5-12(10(9)2)17-14(21)16-11-6-15-18(7-11)8-13(19)20/h3-7H,8H2,1-2H3,(H,19,20)(H2,16,17,21). The second-order valence-corrected chi connectivity index (χ2v) is 4.65. The summed E-state index contributed by atoms with van der Waals surface area (Å²) < 4.78 is 1.23. The van der Waals surface area contributed by atoms with Gasteiger partial charge in [-0.2, -0.15) is 5.10 Å². The van der Waals surface area contributed by atoms with Crippen LogP contribution in [0.25, 0.3) is 0 Å². The van der Waals surface area contributed by atoms with E-state index in [9.17, 15) is 9.59 Å². The van der Waals surface area contributed by atoms with Gasteiger partial charge >= 0.3 is 12.0 Å². The van der Waals surface area contributed by atoms with Crippen molar-refractivity contribution in [3.63, 3.8) is 0 Å². The van der Waals surface area contributed by atoms with Crippen LogP contribution in [0, 0.1) is 13.8 Å². The number of aryl methyl sites for hydroxylation is 1. The van der Waals surface area contributed by atoms with Crippen molar-refractivity contribution in [1.82, 2.24) is 9.78 Å². The Labute approximate surface area is 121 Å². The lowest BCUT2D eigenvalue weighted by Gasteiger charge is -2.10. The topological polar surface area (TPSA) is 96.3 Å². The first kappa shape index (κ1) is 14.6. The maximum Gasteiger partial charge on any atom is 0.325 e. The molecule has 0 unspecified atom stereocenters. The normalized spacial score (nSPS) is 10.2. The monoisotopic (exact) mass is 288 g/mol. The minimum absolute atomic E-state index is 0.250. The van der Waals surface area contributed by atoms with E-state index in [0.717, 1.165) is 16.8 Å². The zero-order valence-corrected chi connectivity index (χ0v) is 11.8. The molecule has 1 aromatic carbocycles. The summed E-state index contributed by atoms with van der Waals surface area (Å²) in [7, 11) is 0. The fraction of sp³-hybridized carbons (Fsp3) is 0.214. The molecule has 2 rings (SSSR count). The largest absolute Gasteiger partial charge is 0.480 e. The Kier molecular flexibility index (Phi) is 4.22. The predicted molar refractivity (Wildman–Crippen MR) is 78.4 cm³/mol. The van der Waals surface area contributed by atoms with E-state index >= 15 is 0 Å². The van der Waals surface area contributed by atoms with Gasteiger partial charge in [-0.05, 0) is 31.0 Å². The van der Waals surface area contributed by atoms with Gasteiger partial charge in [0.2, 0.25) is 0 Å². The quantitative estimate of drug-likeness (QED) is 0.803. The zero-order valence-electron chi connectivity index (χ0n) is 11.8. The number of aliphatic carboxylic acids is 1. The van der Waals surface area contributed by atoms with Gasteiger partial charge in [0.15, 0.2) is 0 Å². The highest BCUT2D eigenvalue weighted by atomic mass is 16.4. The molecule has 7 nitrogen and oxygen atoms in total. The van der Waals surface area contributed by atoms with E-state index in [1.807, 2.05) is 32.0 Å². The number of urea groups is 1. The molecule has 1 aromatic heterocycles. The Morgan fingerprint density at radius 3 is 2.76 bits per heavy atom.